The van der Waals surface area contributed by atoms with Gasteiger partial charge >= 0.3 is 5.97 Å². The molecule has 2 aliphatic heterocycles. The lowest BCUT2D eigenvalue weighted by Crippen LogP contribution is -2.51. The first-order chi connectivity index (χ1) is 20.5. The monoisotopic (exact) mass is 582 g/mol. The summed E-state index contributed by atoms with van der Waals surface area (Å²) in [4.78, 5) is 29.7. The van der Waals surface area contributed by atoms with Crippen LogP contribution in [0, 0.1) is 5.92 Å². The molecule has 42 heavy (non-hydrogen) atoms. The SMILES string of the molecule is COc1cc2cc(c1OC)OCC[C@H](C)n1cc(nn1)CCCCOC(=O)[C@@H]1CCCCN1C(=O)[C@H]2C1CCCCC1. The maximum Gasteiger partial charge on any atom is 0.328 e. The zero-order chi connectivity index (χ0) is 29.5. The number of methoxy groups -OCH3 is 2. The molecular weight excluding hydrogens is 536 g/mol. The van der Waals surface area contributed by atoms with E-state index in [1.165, 1.54) is 6.42 Å². The van der Waals surface area contributed by atoms with Crippen LogP contribution >= 0.6 is 0 Å². The number of carbonyl (C=O) groups is 2. The Morgan fingerprint density at radius 1 is 0.881 bits per heavy atom. The number of hydrogen-bond acceptors (Lipinski definition) is 8. The first-order valence-corrected chi connectivity index (χ1v) is 15.8. The largest absolute Gasteiger partial charge is 0.493 e. The molecule has 0 spiro atoms. The number of nitrogens with zero attached hydrogens (tertiary/aromatic N) is 4. The first-order valence-electron chi connectivity index (χ1n) is 15.8. The Balaban J connectivity index is 1.52. The van der Waals surface area contributed by atoms with E-state index in [1.807, 2.05) is 23.0 Å². The third-order valence-electron chi connectivity index (χ3n) is 9.15. The highest BCUT2D eigenvalue weighted by Gasteiger charge is 2.41. The molecule has 10 nitrogen and oxygen atoms in total. The van der Waals surface area contributed by atoms with Crippen molar-refractivity contribution in [1.82, 2.24) is 19.9 Å². The van der Waals surface area contributed by atoms with Crippen molar-refractivity contribution in [2.75, 3.05) is 34.0 Å². The highest BCUT2D eigenvalue weighted by atomic mass is 16.5. The van der Waals surface area contributed by atoms with E-state index in [1.54, 1.807) is 19.1 Å². The summed E-state index contributed by atoms with van der Waals surface area (Å²) in [6, 6.07) is 3.40. The first kappa shape index (κ1) is 30.2. The maximum atomic E-state index is 14.6. The minimum atomic E-state index is -0.555. The van der Waals surface area contributed by atoms with Gasteiger partial charge in [-0.3, -0.25) is 4.79 Å². The summed E-state index contributed by atoms with van der Waals surface area (Å²) in [6.07, 6.45) is 12.8. The van der Waals surface area contributed by atoms with Crippen LogP contribution < -0.4 is 14.2 Å². The Morgan fingerprint density at radius 2 is 1.69 bits per heavy atom. The standard InChI is InChI=1S/C32H46N4O6/c1-22-15-18-41-28-20-24(19-27(39-2)30(28)40-3)29(23-11-5-4-6-12-23)31(37)35-16-9-7-14-26(35)32(38)42-17-10-8-13-25-21-36(22)34-33-25/h19-23,26,29H,4-18H2,1-3H3/t22-,26-,29-/m0/s1. The summed E-state index contributed by atoms with van der Waals surface area (Å²) in [7, 11) is 3.20. The van der Waals surface area contributed by atoms with E-state index in [-0.39, 0.29) is 23.8 Å². The summed E-state index contributed by atoms with van der Waals surface area (Å²) < 4.78 is 25.5. The van der Waals surface area contributed by atoms with Gasteiger partial charge in [0.25, 0.3) is 0 Å². The van der Waals surface area contributed by atoms with Crippen molar-refractivity contribution in [1.29, 1.82) is 0 Å². The molecule has 3 heterocycles. The molecule has 1 aromatic carbocycles. The number of aromatic nitrogens is 3. The molecule has 230 valence electrons. The van der Waals surface area contributed by atoms with Gasteiger partial charge in [-0.2, -0.15) is 0 Å². The van der Waals surface area contributed by atoms with E-state index in [0.29, 0.717) is 43.4 Å². The number of esters is 1. The summed E-state index contributed by atoms with van der Waals surface area (Å²) in [6.45, 7) is 3.42. The van der Waals surface area contributed by atoms with Gasteiger partial charge in [-0.15, -0.1) is 5.10 Å². The van der Waals surface area contributed by atoms with Gasteiger partial charge in [-0.25, -0.2) is 9.48 Å². The van der Waals surface area contributed by atoms with Crippen molar-refractivity contribution in [3.05, 3.63) is 29.6 Å². The number of benzene rings is 1. The molecule has 1 saturated heterocycles. The average Bonchev–Trinajstić information content (AvgIpc) is 3.50. The lowest BCUT2D eigenvalue weighted by atomic mass is 9.75. The lowest BCUT2D eigenvalue weighted by molar-refractivity contribution is -0.158. The van der Waals surface area contributed by atoms with Crippen molar-refractivity contribution >= 4 is 11.9 Å². The van der Waals surface area contributed by atoms with Gasteiger partial charge in [0.15, 0.2) is 11.5 Å². The number of amides is 1. The van der Waals surface area contributed by atoms with Gasteiger partial charge in [-0.1, -0.05) is 24.5 Å². The number of carbonyl (C=O) groups excluding carboxylic acids is 2. The van der Waals surface area contributed by atoms with E-state index < -0.39 is 12.0 Å². The van der Waals surface area contributed by atoms with Gasteiger partial charge in [0.1, 0.15) is 6.04 Å². The second-order valence-corrected chi connectivity index (χ2v) is 12.0. The van der Waals surface area contributed by atoms with Crippen LogP contribution in [0.25, 0.3) is 0 Å². The number of piperidine rings is 1. The Bertz CT molecular complexity index is 1210. The average molecular weight is 583 g/mol. The van der Waals surface area contributed by atoms with Crippen LogP contribution in [0.2, 0.25) is 0 Å². The molecule has 5 rings (SSSR count). The summed E-state index contributed by atoms with van der Waals surface area (Å²) in [5.41, 5.74) is 1.76. The fourth-order valence-electron chi connectivity index (χ4n) is 6.73. The molecule has 10 heteroatoms. The lowest BCUT2D eigenvalue weighted by Gasteiger charge is -2.39. The number of rotatable bonds is 3. The zero-order valence-corrected chi connectivity index (χ0v) is 25.4. The molecule has 0 N–H and O–H groups in total. The smallest absolute Gasteiger partial charge is 0.328 e. The summed E-state index contributed by atoms with van der Waals surface area (Å²) in [5, 5.41) is 8.67. The van der Waals surface area contributed by atoms with E-state index in [0.717, 1.165) is 75.5 Å². The quantitative estimate of drug-likeness (QED) is 0.452. The van der Waals surface area contributed by atoms with Crippen LogP contribution in [0.3, 0.4) is 0 Å². The topological polar surface area (TPSA) is 105 Å². The molecule has 0 unspecified atom stereocenters. The van der Waals surface area contributed by atoms with Crippen LogP contribution in [-0.4, -0.2) is 71.8 Å². The Morgan fingerprint density at radius 3 is 2.48 bits per heavy atom. The fourth-order valence-corrected chi connectivity index (χ4v) is 6.73. The van der Waals surface area contributed by atoms with Crippen molar-refractivity contribution < 1.29 is 28.5 Å². The van der Waals surface area contributed by atoms with E-state index in [4.69, 9.17) is 18.9 Å². The Kier molecular flexibility index (Phi) is 10.2. The third-order valence-corrected chi connectivity index (χ3v) is 9.15. The molecule has 3 aliphatic rings. The zero-order valence-electron chi connectivity index (χ0n) is 25.4. The van der Waals surface area contributed by atoms with Gasteiger partial charge in [0, 0.05) is 19.2 Å². The van der Waals surface area contributed by atoms with Crippen molar-refractivity contribution in [2.45, 2.75) is 102 Å². The van der Waals surface area contributed by atoms with Crippen molar-refractivity contribution in [2.24, 2.45) is 5.92 Å². The number of hydrogen-bond donors (Lipinski definition) is 0. The van der Waals surface area contributed by atoms with Gasteiger partial charge < -0.3 is 23.8 Å². The highest BCUT2D eigenvalue weighted by Crippen LogP contribution is 2.45. The number of cyclic esters (lactones) is 1. The van der Waals surface area contributed by atoms with Crippen LogP contribution in [0.4, 0.5) is 0 Å². The van der Waals surface area contributed by atoms with Crippen LogP contribution in [0.15, 0.2) is 18.3 Å². The van der Waals surface area contributed by atoms with Crippen LogP contribution in [-0.2, 0) is 20.7 Å². The van der Waals surface area contributed by atoms with Crippen LogP contribution in [0.1, 0.15) is 101 Å². The molecule has 2 aromatic rings. The van der Waals surface area contributed by atoms with Crippen molar-refractivity contribution in [3.8, 4) is 17.2 Å². The van der Waals surface area contributed by atoms with E-state index >= 15 is 0 Å². The van der Waals surface area contributed by atoms with Gasteiger partial charge in [0.05, 0.1) is 45.1 Å². The summed E-state index contributed by atoms with van der Waals surface area (Å²) >= 11 is 0. The Labute approximate surface area is 249 Å². The van der Waals surface area contributed by atoms with E-state index in [9.17, 15) is 9.59 Å². The fraction of sp³-hybridized carbons (Fsp3) is 0.688. The molecule has 1 amide bonds. The summed E-state index contributed by atoms with van der Waals surface area (Å²) in [5.74, 6) is 1.07. The van der Waals surface area contributed by atoms with Crippen molar-refractivity contribution in [3.63, 3.8) is 0 Å². The third kappa shape index (κ3) is 6.84. The maximum absolute atomic E-state index is 14.6. The minimum absolute atomic E-state index is 0.00396. The predicted molar refractivity (Wildman–Crippen MR) is 157 cm³/mol. The molecule has 1 aromatic heterocycles. The second kappa shape index (κ2) is 14.2. The van der Waals surface area contributed by atoms with E-state index in [2.05, 4.69) is 17.2 Å². The molecular formula is C32H46N4O6. The number of aryl methyl sites for hydroxylation is 1. The predicted octanol–water partition coefficient (Wildman–Crippen LogP) is 5.25. The molecule has 3 atom stereocenters. The van der Waals surface area contributed by atoms with Crippen LogP contribution in [0.5, 0.6) is 17.2 Å². The Hall–Kier alpha value is -3.30. The normalized spacial score (nSPS) is 25.1. The molecule has 4 bridgehead atoms. The second-order valence-electron chi connectivity index (χ2n) is 12.0. The highest BCUT2D eigenvalue weighted by molar-refractivity contribution is 5.89. The minimum Gasteiger partial charge on any atom is -0.493 e. The molecule has 2 fully saturated rings. The number of fused-ring (bicyclic) bond motifs is 5. The number of ether oxygens (including phenoxy) is 4. The molecule has 1 saturated carbocycles. The molecule has 1 aliphatic carbocycles. The van der Waals surface area contributed by atoms with Gasteiger partial charge in [0.2, 0.25) is 11.7 Å². The van der Waals surface area contributed by atoms with Gasteiger partial charge in [-0.05, 0) is 81.9 Å². The molecule has 0 radical (unpaired) electrons.